The minimum atomic E-state index is 0. The van der Waals surface area contributed by atoms with Crippen molar-refractivity contribution in [2.75, 3.05) is 0 Å². The quantitative estimate of drug-likeness (QED) is 0.349. The van der Waals surface area contributed by atoms with Crippen molar-refractivity contribution >= 4 is 0 Å². The van der Waals surface area contributed by atoms with Gasteiger partial charge in [-0.15, -0.1) is 13.8 Å². The van der Waals surface area contributed by atoms with Crippen LogP contribution in [0.4, 0.5) is 0 Å². The Hall–Kier alpha value is 0.324. The summed E-state index contributed by atoms with van der Waals surface area (Å²) in [5, 5.41) is 0. The van der Waals surface area contributed by atoms with Crippen LogP contribution in [0.2, 0.25) is 0 Å². The fourth-order valence-corrected chi connectivity index (χ4v) is 0. The maximum atomic E-state index is 3.72. The van der Waals surface area contributed by atoms with E-state index in [9.17, 15) is 0 Å². The molecule has 0 aliphatic carbocycles. The molecule has 0 bridgehead atoms. The molecule has 0 aliphatic heterocycles. The van der Waals surface area contributed by atoms with Crippen LogP contribution in [0, 0.1) is 6.92 Å². The van der Waals surface area contributed by atoms with Crippen LogP contribution < -0.4 is 0 Å². The van der Waals surface area contributed by atoms with E-state index >= 15 is 0 Å². The molecule has 0 aliphatic rings. The number of hydrogen-bond donors (Lipinski definition) is 0. The van der Waals surface area contributed by atoms with Gasteiger partial charge in [0.15, 0.2) is 0 Å². The fourth-order valence-electron chi connectivity index (χ4n) is 0. The Bertz CT molecular complexity index is 54.2. The predicted molar refractivity (Wildman–Crippen MR) is 29.4 cm³/mol. The second kappa shape index (κ2) is 4.48. The van der Waals surface area contributed by atoms with Gasteiger partial charge in [0.1, 0.15) is 0 Å². The van der Waals surface area contributed by atoms with Crippen molar-refractivity contribution in [3.63, 3.8) is 0 Å². The Balaban J connectivity index is 0. The molecule has 0 amide bonds. The zero-order valence-electron chi connectivity index (χ0n) is 5.21. The summed E-state index contributed by atoms with van der Waals surface area (Å²) in [6.45, 7) is 9.84. The third-order valence-electron chi connectivity index (χ3n) is 0.854. The largest absolute Gasteiger partial charge is 0.242 e. The minimum Gasteiger partial charge on any atom is -0.242 e. The molecule has 0 fully saturated rings. The summed E-state index contributed by atoms with van der Waals surface area (Å²) in [5.41, 5.74) is 2.49. The monoisotopic (exact) mass is 131 g/mol. The van der Waals surface area contributed by atoms with Gasteiger partial charge < -0.3 is 0 Å². The summed E-state index contributed by atoms with van der Waals surface area (Å²) in [4.78, 5) is 0. The van der Waals surface area contributed by atoms with Gasteiger partial charge in [-0.3, -0.25) is 0 Å². The van der Waals surface area contributed by atoms with Crippen LogP contribution in [0.25, 0.3) is 0 Å². The molecule has 0 atom stereocenters. The van der Waals surface area contributed by atoms with E-state index in [0.717, 1.165) is 0 Å². The van der Waals surface area contributed by atoms with E-state index in [1.54, 1.807) is 0 Å². The first-order valence-corrected chi connectivity index (χ1v) is 2.10. The van der Waals surface area contributed by atoms with Crippen LogP contribution in [0.15, 0.2) is 11.1 Å². The van der Waals surface area contributed by atoms with Crippen molar-refractivity contribution in [3.8, 4) is 0 Å². The summed E-state index contributed by atoms with van der Waals surface area (Å²) in [5.74, 6) is 0. The molecule has 0 spiro atoms. The summed E-state index contributed by atoms with van der Waals surface area (Å²) >= 11 is 0. The van der Waals surface area contributed by atoms with Gasteiger partial charge in [0.2, 0.25) is 0 Å². The predicted octanol–water partition coefficient (Wildman–Crippen LogP) is 2.17. The van der Waals surface area contributed by atoms with Crippen molar-refractivity contribution < 1.29 is 21.7 Å². The van der Waals surface area contributed by atoms with E-state index in [1.807, 2.05) is 6.92 Å². The maximum absolute atomic E-state index is 3.72. The first-order valence-electron chi connectivity index (χ1n) is 2.10. The Labute approximate surface area is 60.9 Å². The fraction of sp³-hybridized carbons (Fsp3) is 0.500. The standard InChI is InChI=1S/C6H11.Ti/c1-5(2)6(3)4;/h1H2,2-4H3;/q-1;. The van der Waals surface area contributed by atoms with Gasteiger partial charge in [0.05, 0.1) is 0 Å². The summed E-state index contributed by atoms with van der Waals surface area (Å²) in [7, 11) is 0. The van der Waals surface area contributed by atoms with Gasteiger partial charge in [-0.05, 0) is 0 Å². The van der Waals surface area contributed by atoms with Crippen LogP contribution in [-0.4, -0.2) is 0 Å². The van der Waals surface area contributed by atoms with Gasteiger partial charge in [0, 0.05) is 21.7 Å². The molecule has 0 aromatic heterocycles. The van der Waals surface area contributed by atoms with E-state index < -0.39 is 0 Å². The molecule has 1 heteroatoms. The third kappa shape index (κ3) is 6.32. The van der Waals surface area contributed by atoms with E-state index in [-0.39, 0.29) is 21.7 Å². The van der Waals surface area contributed by atoms with Gasteiger partial charge >= 0.3 is 0 Å². The average Bonchev–Trinajstić information content (AvgIpc) is 1.36. The van der Waals surface area contributed by atoms with Crippen molar-refractivity contribution in [3.05, 3.63) is 18.1 Å². The van der Waals surface area contributed by atoms with Gasteiger partial charge in [-0.25, -0.2) is 18.1 Å². The molecule has 0 N–H and O–H groups in total. The number of allylic oxidation sites excluding steroid dienone is 2. The van der Waals surface area contributed by atoms with E-state index in [2.05, 4.69) is 20.8 Å². The molecule has 0 heterocycles. The third-order valence-corrected chi connectivity index (χ3v) is 0.854. The molecule has 40 valence electrons. The van der Waals surface area contributed by atoms with Crippen molar-refractivity contribution in [2.45, 2.75) is 20.8 Å². The Kier molecular flexibility index (Phi) is 6.62. The van der Waals surface area contributed by atoms with Crippen molar-refractivity contribution in [1.29, 1.82) is 0 Å². The summed E-state index contributed by atoms with van der Waals surface area (Å²) in [6, 6.07) is 0. The zero-order chi connectivity index (χ0) is 5.15. The molecule has 0 unspecified atom stereocenters. The maximum Gasteiger partial charge on any atom is 0 e. The summed E-state index contributed by atoms with van der Waals surface area (Å²) in [6.07, 6.45) is 0. The molecule has 0 nitrogen and oxygen atoms in total. The SMILES string of the molecule is [CH2-]C(C)=C(C)C.[Ti]. The van der Waals surface area contributed by atoms with Crippen LogP contribution in [0.1, 0.15) is 20.8 Å². The molecule has 0 saturated carbocycles. The van der Waals surface area contributed by atoms with Gasteiger partial charge in [0.25, 0.3) is 0 Å². The Morgan fingerprint density at radius 2 is 1.29 bits per heavy atom. The van der Waals surface area contributed by atoms with Gasteiger partial charge in [-0.1, -0.05) is 6.92 Å². The number of rotatable bonds is 0. The van der Waals surface area contributed by atoms with Crippen molar-refractivity contribution in [2.24, 2.45) is 0 Å². The molecule has 0 aromatic rings. The Morgan fingerprint density at radius 3 is 1.29 bits per heavy atom. The summed E-state index contributed by atoms with van der Waals surface area (Å²) < 4.78 is 0. The average molecular weight is 131 g/mol. The van der Waals surface area contributed by atoms with Crippen LogP contribution in [-0.2, 0) is 21.7 Å². The first kappa shape index (κ1) is 10.3. The van der Waals surface area contributed by atoms with E-state index in [1.165, 1.54) is 11.1 Å². The smallest absolute Gasteiger partial charge is 0 e. The van der Waals surface area contributed by atoms with Gasteiger partial charge in [-0.2, -0.15) is 0 Å². The van der Waals surface area contributed by atoms with E-state index in [0.29, 0.717) is 0 Å². The molecular weight excluding hydrogens is 120 g/mol. The normalized spacial score (nSPS) is 6.71. The Morgan fingerprint density at radius 1 is 1.14 bits per heavy atom. The zero-order valence-corrected chi connectivity index (χ0v) is 6.77. The molecule has 0 aromatic carbocycles. The first-order chi connectivity index (χ1) is 2.64. The minimum absolute atomic E-state index is 0. The second-order valence-electron chi connectivity index (χ2n) is 1.78. The molecule has 0 saturated heterocycles. The second-order valence-corrected chi connectivity index (χ2v) is 1.78. The van der Waals surface area contributed by atoms with Crippen LogP contribution in [0.3, 0.4) is 0 Å². The molecule has 7 heavy (non-hydrogen) atoms. The molecule has 0 radical (unpaired) electrons. The van der Waals surface area contributed by atoms with Crippen LogP contribution >= 0.6 is 0 Å². The molecule has 0 rings (SSSR count). The number of hydrogen-bond acceptors (Lipinski definition) is 0. The van der Waals surface area contributed by atoms with Crippen LogP contribution in [0.5, 0.6) is 0 Å². The van der Waals surface area contributed by atoms with Crippen molar-refractivity contribution in [1.82, 2.24) is 0 Å². The van der Waals surface area contributed by atoms with E-state index in [4.69, 9.17) is 0 Å². The topological polar surface area (TPSA) is 0 Å². The molecular formula is C6H11Ti-.